The third-order valence-electron chi connectivity index (χ3n) is 3.83. The van der Waals surface area contributed by atoms with Gasteiger partial charge in [-0.1, -0.05) is 5.16 Å². The fraction of sp³-hybridized carbons (Fsp3) is 0.571. The second-order valence-electron chi connectivity index (χ2n) is 5.46. The molecule has 0 bridgehead atoms. The van der Waals surface area contributed by atoms with Crippen LogP contribution in [0.15, 0.2) is 4.52 Å². The highest BCUT2D eigenvalue weighted by atomic mass is 16.5. The van der Waals surface area contributed by atoms with Crippen LogP contribution in [0.1, 0.15) is 34.8 Å². The molecule has 0 aromatic carbocycles. The fourth-order valence-electron chi connectivity index (χ4n) is 2.55. The third-order valence-corrected chi connectivity index (χ3v) is 3.83. The minimum atomic E-state index is -0.285. The Morgan fingerprint density at radius 2 is 2.23 bits per heavy atom. The molecule has 1 atom stereocenters. The van der Waals surface area contributed by atoms with E-state index in [1.807, 2.05) is 20.8 Å². The first-order valence-electron chi connectivity index (χ1n) is 7.24. The largest absolute Gasteiger partial charge is 0.366 e. The Morgan fingerprint density at radius 3 is 2.86 bits per heavy atom. The average molecular weight is 305 g/mol. The lowest BCUT2D eigenvalue weighted by Crippen LogP contribution is -2.43. The quantitative estimate of drug-likeness (QED) is 0.903. The summed E-state index contributed by atoms with van der Waals surface area (Å²) < 4.78 is 10.8. The predicted octanol–water partition coefficient (Wildman–Crippen LogP) is 0.861. The van der Waals surface area contributed by atoms with Gasteiger partial charge in [0, 0.05) is 12.1 Å². The van der Waals surface area contributed by atoms with Gasteiger partial charge in [0.15, 0.2) is 5.82 Å². The van der Waals surface area contributed by atoms with Crippen LogP contribution in [0.3, 0.4) is 0 Å². The normalized spacial score (nSPS) is 18.7. The van der Waals surface area contributed by atoms with Crippen molar-refractivity contribution in [1.29, 1.82) is 0 Å². The molecule has 1 saturated heterocycles. The van der Waals surface area contributed by atoms with E-state index in [1.54, 1.807) is 4.90 Å². The summed E-state index contributed by atoms with van der Waals surface area (Å²) in [7, 11) is 0. The SMILES string of the molecule is Cc1nc([C@@H]2CN(C(=O)Cc3c(C)noc3C)CCO2)n[nH]1. The van der Waals surface area contributed by atoms with Crippen molar-refractivity contribution >= 4 is 5.91 Å². The Morgan fingerprint density at radius 1 is 1.41 bits per heavy atom. The number of nitrogens with zero attached hydrogens (tertiary/aromatic N) is 4. The lowest BCUT2D eigenvalue weighted by atomic mass is 10.1. The highest BCUT2D eigenvalue weighted by molar-refractivity contribution is 5.79. The molecule has 0 aliphatic carbocycles. The molecule has 0 spiro atoms. The fourth-order valence-corrected chi connectivity index (χ4v) is 2.55. The predicted molar refractivity (Wildman–Crippen MR) is 76.1 cm³/mol. The highest BCUT2D eigenvalue weighted by Gasteiger charge is 2.28. The maximum Gasteiger partial charge on any atom is 0.227 e. The molecule has 2 aromatic heterocycles. The molecule has 1 aliphatic heterocycles. The van der Waals surface area contributed by atoms with E-state index in [-0.39, 0.29) is 12.0 Å². The van der Waals surface area contributed by atoms with Crippen LogP contribution in [0.5, 0.6) is 0 Å². The number of hydrogen-bond donors (Lipinski definition) is 1. The van der Waals surface area contributed by atoms with Gasteiger partial charge in [0.05, 0.1) is 25.3 Å². The van der Waals surface area contributed by atoms with E-state index in [9.17, 15) is 4.79 Å². The summed E-state index contributed by atoms with van der Waals surface area (Å²) in [6.07, 6.45) is 0.00768. The number of carbonyl (C=O) groups is 1. The first-order valence-corrected chi connectivity index (χ1v) is 7.24. The zero-order valence-electron chi connectivity index (χ0n) is 12.9. The molecule has 0 saturated carbocycles. The molecule has 8 nitrogen and oxygen atoms in total. The van der Waals surface area contributed by atoms with Gasteiger partial charge in [0.1, 0.15) is 17.7 Å². The van der Waals surface area contributed by atoms with Gasteiger partial charge in [0.2, 0.25) is 5.91 Å². The number of ether oxygens (including phenoxy) is 1. The Labute approximate surface area is 127 Å². The molecule has 3 rings (SSSR count). The van der Waals surface area contributed by atoms with Crippen LogP contribution in [0.2, 0.25) is 0 Å². The topological polar surface area (TPSA) is 97.1 Å². The zero-order valence-corrected chi connectivity index (χ0v) is 12.9. The van der Waals surface area contributed by atoms with Crippen molar-refractivity contribution in [2.45, 2.75) is 33.3 Å². The van der Waals surface area contributed by atoms with Crippen LogP contribution in [0.4, 0.5) is 0 Å². The molecule has 1 N–H and O–H groups in total. The molecular weight excluding hydrogens is 286 g/mol. The summed E-state index contributed by atoms with van der Waals surface area (Å²) in [5.74, 6) is 2.06. The second kappa shape index (κ2) is 5.88. The van der Waals surface area contributed by atoms with Gasteiger partial charge >= 0.3 is 0 Å². The number of morpholine rings is 1. The maximum absolute atomic E-state index is 12.5. The van der Waals surface area contributed by atoms with Crippen molar-refractivity contribution in [3.05, 3.63) is 28.7 Å². The summed E-state index contributed by atoms with van der Waals surface area (Å²) in [5.41, 5.74) is 1.63. The number of aryl methyl sites for hydroxylation is 3. The van der Waals surface area contributed by atoms with Crippen molar-refractivity contribution in [3.63, 3.8) is 0 Å². The van der Waals surface area contributed by atoms with Gasteiger partial charge in [-0.25, -0.2) is 4.98 Å². The van der Waals surface area contributed by atoms with E-state index < -0.39 is 0 Å². The summed E-state index contributed by atoms with van der Waals surface area (Å²) >= 11 is 0. The number of rotatable bonds is 3. The maximum atomic E-state index is 12.5. The summed E-state index contributed by atoms with van der Waals surface area (Å²) in [4.78, 5) is 18.6. The van der Waals surface area contributed by atoms with Gasteiger partial charge in [-0.05, 0) is 20.8 Å². The average Bonchev–Trinajstić information content (AvgIpc) is 3.08. The molecule has 118 valence electrons. The van der Waals surface area contributed by atoms with E-state index in [4.69, 9.17) is 9.26 Å². The zero-order chi connectivity index (χ0) is 15.7. The first kappa shape index (κ1) is 14.7. The van der Waals surface area contributed by atoms with Gasteiger partial charge in [-0.2, -0.15) is 5.10 Å². The Bertz CT molecular complexity index is 658. The molecular formula is C14H19N5O3. The lowest BCUT2D eigenvalue weighted by molar-refractivity contribution is -0.138. The molecule has 1 fully saturated rings. The number of carbonyl (C=O) groups excluding carboxylic acids is 1. The third kappa shape index (κ3) is 2.87. The van der Waals surface area contributed by atoms with Gasteiger partial charge in [-0.3, -0.25) is 9.89 Å². The van der Waals surface area contributed by atoms with Crippen molar-refractivity contribution in [1.82, 2.24) is 25.2 Å². The van der Waals surface area contributed by atoms with Crippen LogP contribution < -0.4 is 0 Å². The standard InChI is InChI=1S/C14H19N5O3/c1-8-11(9(2)22-18-8)6-13(20)19-4-5-21-12(7-19)14-15-10(3)16-17-14/h12H,4-7H2,1-3H3,(H,15,16,17)/t12-/m0/s1. The number of aromatic nitrogens is 4. The minimum Gasteiger partial charge on any atom is -0.366 e. The Kier molecular flexibility index (Phi) is 3.93. The number of aromatic amines is 1. The Balaban J connectivity index is 1.68. The van der Waals surface area contributed by atoms with Gasteiger partial charge < -0.3 is 14.2 Å². The van der Waals surface area contributed by atoms with Crippen LogP contribution in [-0.4, -0.2) is 50.8 Å². The highest BCUT2D eigenvalue weighted by Crippen LogP contribution is 2.21. The monoisotopic (exact) mass is 305 g/mol. The second-order valence-corrected chi connectivity index (χ2v) is 5.46. The minimum absolute atomic E-state index is 0.0370. The van der Waals surface area contributed by atoms with Gasteiger partial charge in [0.25, 0.3) is 0 Å². The van der Waals surface area contributed by atoms with Crippen LogP contribution in [-0.2, 0) is 16.0 Å². The molecule has 0 unspecified atom stereocenters. The van der Waals surface area contributed by atoms with Crippen molar-refractivity contribution in [2.24, 2.45) is 0 Å². The number of nitrogens with one attached hydrogen (secondary N) is 1. The summed E-state index contributed by atoms with van der Waals surface area (Å²) in [6.45, 7) is 7.01. The van der Waals surface area contributed by atoms with Crippen LogP contribution >= 0.6 is 0 Å². The van der Waals surface area contributed by atoms with Crippen LogP contribution in [0, 0.1) is 20.8 Å². The van der Waals surface area contributed by atoms with E-state index >= 15 is 0 Å². The van der Waals surface area contributed by atoms with Crippen LogP contribution in [0.25, 0.3) is 0 Å². The molecule has 1 aliphatic rings. The molecule has 8 heteroatoms. The molecule has 22 heavy (non-hydrogen) atoms. The summed E-state index contributed by atoms with van der Waals surface area (Å²) in [6, 6.07) is 0. The van der Waals surface area contributed by atoms with Crippen molar-refractivity contribution < 1.29 is 14.1 Å². The van der Waals surface area contributed by atoms with E-state index in [2.05, 4.69) is 20.3 Å². The summed E-state index contributed by atoms with van der Waals surface area (Å²) in [5, 5.41) is 10.8. The van der Waals surface area contributed by atoms with E-state index in [1.165, 1.54) is 0 Å². The lowest BCUT2D eigenvalue weighted by Gasteiger charge is -2.31. The number of H-pyrrole nitrogens is 1. The number of hydrogen-bond acceptors (Lipinski definition) is 6. The Hall–Kier alpha value is -2.22. The van der Waals surface area contributed by atoms with E-state index in [0.717, 1.165) is 17.1 Å². The number of amides is 1. The van der Waals surface area contributed by atoms with Gasteiger partial charge in [-0.15, -0.1) is 0 Å². The van der Waals surface area contributed by atoms with Crippen molar-refractivity contribution in [3.8, 4) is 0 Å². The molecule has 1 amide bonds. The molecule has 3 heterocycles. The van der Waals surface area contributed by atoms with E-state index in [0.29, 0.717) is 37.7 Å². The van der Waals surface area contributed by atoms with Crippen molar-refractivity contribution in [2.75, 3.05) is 19.7 Å². The first-order chi connectivity index (χ1) is 10.5. The molecule has 0 radical (unpaired) electrons. The smallest absolute Gasteiger partial charge is 0.227 e. The molecule has 2 aromatic rings.